The largest absolute Gasteiger partial charge is 0.492 e. The Kier molecular flexibility index (Phi) is 8.85. The van der Waals surface area contributed by atoms with E-state index >= 15 is 0 Å². The molecule has 0 N–H and O–H groups in total. The van der Waals surface area contributed by atoms with Gasteiger partial charge in [0.05, 0.1) is 33.4 Å². The zero-order chi connectivity index (χ0) is 29.0. The van der Waals surface area contributed by atoms with Crippen molar-refractivity contribution in [2.24, 2.45) is 0 Å². The van der Waals surface area contributed by atoms with Crippen molar-refractivity contribution in [2.75, 3.05) is 40.1 Å². The molecule has 0 aliphatic carbocycles. The van der Waals surface area contributed by atoms with E-state index in [9.17, 15) is 4.79 Å². The highest BCUT2D eigenvalue weighted by Gasteiger charge is 2.41. The summed E-state index contributed by atoms with van der Waals surface area (Å²) in [5.74, 6) is 2.20. The lowest BCUT2D eigenvalue weighted by atomic mass is 9.88. The number of benzene rings is 3. The molecular weight excluding hydrogens is 520 g/mol. The van der Waals surface area contributed by atoms with Crippen LogP contribution in [0.15, 0.2) is 48.5 Å². The van der Waals surface area contributed by atoms with Crippen molar-refractivity contribution in [3.8, 4) is 28.4 Å². The van der Waals surface area contributed by atoms with Crippen molar-refractivity contribution in [2.45, 2.75) is 58.7 Å². The molecule has 0 amide bonds. The molecule has 0 fully saturated rings. The lowest BCUT2D eigenvalue weighted by Crippen LogP contribution is -2.44. The highest BCUT2D eigenvalue weighted by Crippen LogP contribution is 2.43. The van der Waals surface area contributed by atoms with Gasteiger partial charge in [-0.05, 0) is 73.7 Å². The zero-order valence-electron chi connectivity index (χ0n) is 24.7. The first-order valence-electron chi connectivity index (χ1n) is 14.4. The molecule has 0 unspecified atom stereocenters. The number of carbonyl (C=O) groups excluding carboxylic acids is 1. The number of esters is 1. The first-order valence-corrected chi connectivity index (χ1v) is 14.4. The van der Waals surface area contributed by atoms with Crippen molar-refractivity contribution in [3.63, 3.8) is 0 Å². The van der Waals surface area contributed by atoms with E-state index in [1.165, 1.54) is 29.4 Å². The van der Waals surface area contributed by atoms with Crippen LogP contribution < -0.4 is 14.2 Å². The molecule has 0 bridgehead atoms. The first kappa shape index (κ1) is 29.0. The Hall–Kier alpha value is -3.55. The smallest absolute Gasteiger partial charge is 0.306 e. The van der Waals surface area contributed by atoms with Crippen LogP contribution in [-0.4, -0.2) is 51.7 Å². The van der Waals surface area contributed by atoms with Gasteiger partial charge >= 0.3 is 5.97 Å². The lowest BCUT2D eigenvalue weighted by Gasteiger charge is -2.28. The van der Waals surface area contributed by atoms with E-state index < -0.39 is 5.60 Å². The van der Waals surface area contributed by atoms with Crippen LogP contribution >= 0.6 is 0 Å². The molecule has 1 atom stereocenters. The number of aryl methyl sites for hydroxylation is 1. The molecule has 2 heterocycles. The monoisotopic (exact) mass is 560 g/mol. The molecule has 218 valence electrons. The predicted molar refractivity (Wildman–Crippen MR) is 157 cm³/mol. The van der Waals surface area contributed by atoms with Gasteiger partial charge in [0.25, 0.3) is 0 Å². The average molecular weight is 561 g/mol. The summed E-state index contributed by atoms with van der Waals surface area (Å²) in [4.78, 5) is 11.7. The number of carbonyl (C=O) groups is 1. The second kappa shape index (κ2) is 12.5. The number of hydrogen-bond acceptors (Lipinski definition) is 7. The minimum Gasteiger partial charge on any atom is -0.492 e. The molecule has 3 aromatic carbocycles. The Morgan fingerprint density at radius 2 is 1.78 bits per heavy atom. The van der Waals surface area contributed by atoms with Gasteiger partial charge in [-0.15, -0.1) is 0 Å². The van der Waals surface area contributed by atoms with E-state index in [1.807, 2.05) is 32.0 Å². The van der Waals surface area contributed by atoms with Crippen LogP contribution in [0.1, 0.15) is 54.0 Å². The van der Waals surface area contributed by atoms with E-state index in [0.717, 1.165) is 40.4 Å². The van der Waals surface area contributed by atoms with Crippen molar-refractivity contribution < 1.29 is 33.2 Å². The van der Waals surface area contributed by atoms with Crippen LogP contribution in [0, 0.1) is 13.8 Å². The fourth-order valence-corrected chi connectivity index (χ4v) is 5.90. The van der Waals surface area contributed by atoms with Crippen molar-refractivity contribution in [1.82, 2.24) is 0 Å². The Bertz CT molecular complexity index is 1390. The predicted octanol–water partition coefficient (Wildman–Crippen LogP) is 6.34. The van der Waals surface area contributed by atoms with Crippen LogP contribution in [0.4, 0.5) is 0 Å². The van der Waals surface area contributed by atoms with Crippen molar-refractivity contribution in [1.29, 1.82) is 0 Å². The van der Waals surface area contributed by atoms with Gasteiger partial charge in [-0.1, -0.05) is 24.3 Å². The fourth-order valence-electron chi connectivity index (χ4n) is 5.90. The molecule has 7 nitrogen and oxygen atoms in total. The van der Waals surface area contributed by atoms with Crippen LogP contribution in [0.2, 0.25) is 0 Å². The highest BCUT2D eigenvalue weighted by molar-refractivity contribution is 5.75. The van der Waals surface area contributed by atoms with Gasteiger partial charge in [0.2, 0.25) is 0 Å². The Morgan fingerprint density at radius 3 is 2.51 bits per heavy atom. The number of hydrogen-bond donors (Lipinski definition) is 0. The van der Waals surface area contributed by atoms with Gasteiger partial charge in [-0.3, -0.25) is 4.79 Å². The van der Waals surface area contributed by atoms with E-state index in [4.69, 9.17) is 28.4 Å². The van der Waals surface area contributed by atoms with Crippen LogP contribution in [0.25, 0.3) is 11.1 Å². The van der Waals surface area contributed by atoms with Crippen LogP contribution in [0.3, 0.4) is 0 Å². The second-order valence-electron chi connectivity index (χ2n) is 10.9. The third-order valence-electron chi connectivity index (χ3n) is 7.96. The molecule has 2 aliphatic heterocycles. The minimum atomic E-state index is -0.501. The third kappa shape index (κ3) is 6.21. The van der Waals surface area contributed by atoms with Gasteiger partial charge in [0.15, 0.2) is 5.60 Å². The van der Waals surface area contributed by atoms with E-state index in [1.54, 1.807) is 0 Å². The molecule has 0 spiro atoms. The summed E-state index contributed by atoms with van der Waals surface area (Å²) < 4.78 is 35.0. The third-order valence-corrected chi connectivity index (χ3v) is 7.96. The topological polar surface area (TPSA) is 72.5 Å². The second-order valence-corrected chi connectivity index (χ2v) is 10.9. The van der Waals surface area contributed by atoms with Crippen molar-refractivity contribution >= 4 is 5.97 Å². The summed E-state index contributed by atoms with van der Waals surface area (Å²) in [5.41, 5.74) is 7.58. The normalized spacial score (nSPS) is 16.5. The van der Waals surface area contributed by atoms with Gasteiger partial charge in [0.1, 0.15) is 23.9 Å². The lowest BCUT2D eigenvalue weighted by molar-refractivity contribution is -0.141. The summed E-state index contributed by atoms with van der Waals surface area (Å²) >= 11 is 0. The maximum Gasteiger partial charge on any atom is 0.306 e. The number of methoxy groups -OCH3 is 1. The van der Waals surface area contributed by atoms with Gasteiger partial charge in [-0.2, -0.15) is 0 Å². The molecule has 0 saturated carbocycles. The standard InChI is InChI=1S/C34H40O7/c1-6-37-20-34(21-38-7-2)17-29-23(4)33(22(3)13-31(29)41-34)25-10-8-9-24(14-25)18-39-27-11-12-28-26(15-32(35)36-5)19-40-30(28)16-27/h8-14,16,26H,6-7,15,17-21H2,1-5H3/t26-/m1/s1. The van der Waals surface area contributed by atoms with Gasteiger partial charge < -0.3 is 28.4 Å². The molecule has 3 aromatic rings. The Balaban J connectivity index is 1.32. The molecule has 2 aliphatic rings. The number of ether oxygens (including phenoxy) is 6. The summed E-state index contributed by atoms with van der Waals surface area (Å²) in [5, 5.41) is 0. The summed E-state index contributed by atoms with van der Waals surface area (Å²) in [6, 6.07) is 16.5. The molecule has 5 rings (SSSR count). The fraction of sp³-hybridized carbons (Fsp3) is 0.441. The summed E-state index contributed by atoms with van der Waals surface area (Å²) in [7, 11) is 1.41. The SMILES string of the molecule is CCOCC1(COCC)Cc2c(cc(C)c(-c3cccc(COc4ccc5c(c4)OC[C@H]5CC(=O)OC)c3)c2C)O1. The van der Waals surface area contributed by atoms with E-state index in [0.29, 0.717) is 46.1 Å². The van der Waals surface area contributed by atoms with Crippen molar-refractivity contribution in [3.05, 3.63) is 76.3 Å². The maximum absolute atomic E-state index is 11.7. The highest BCUT2D eigenvalue weighted by atomic mass is 16.6. The molecule has 0 aromatic heterocycles. The Labute approximate surface area is 242 Å². The van der Waals surface area contributed by atoms with Gasteiger partial charge in [-0.25, -0.2) is 0 Å². The number of fused-ring (bicyclic) bond motifs is 2. The molecule has 0 radical (unpaired) electrons. The zero-order valence-corrected chi connectivity index (χ0v) is 24.7. The minimum absolute atomic E-state index is 0.0101. The summed E-state index contributed by atoms with van der Waals surface area (Å²) in [6.45, 7) is 11.5. The summed E-state index contributed by atoms with van der Waals surface area (Å²) in [6.07, 6.45) is 1.06. The molecule has 0 saturated heterocycles. The quantitative estimate of drug-likeness (QED) is 0.240. The molecule has 41 heavy (non-hydrogen) atoms. The first-order chi connectivity index (χ1) is 19.9. The Morgan fingerprint density at radius 1 is 1.00 bits per heavy atom. The van der Waals surface area contributed by atoms with Crippen LogP contribution in [0.5, 0.6) is 17.2 Å². The maximum atomic E-state index is 11.7. The molecule has 7 heteroatoms. The van der Waals surface area contributed by atoms with Crippen LogP contribution in [-0.2, 0) is 32.0 Å². The van der Waals surface area contributed by atoms with Gasteiger partial charge in [0, 0.05) is 42.7 Å². The average Bonchev–Trinajstić information content (AvgIpc) is 3.55. The van der Waals surface area contributed by atoms with E-state index in [-0.39, 0.29) is 11.9 Å². The van der Waals surface area contributed by atoms with E-state index in [2.05, 4.69) is 44.2 Å². The molecular formula is C34H40O7. The number of rotatable bonds is 12.